The first kappa shape index (κ1) is 13.5. The first-order valence-corrected chi connectivity index (χ1v) is 5.19. The normalized spacial score (nSPS) is 9.76. The van der Waals surface area contributed by atoms with Gasteiger partial charge < -0.3 is 14.8 Å². The highest BCUT2D eigenvalue weighted by atomic mass is 35.5. The van der Waals surface area contributed by atoms with Crippen molar-refractivity contribution in [2.24, 2.45) is 0 Å². The zero-order chi connectivity index (χ0) is 12.7. The molecule has 1 aromatic carbocycles. The summed E-state index contributed by atoms with van der Waals surface area (Å²) in [5.74, 6) is -1.02. The van der Waals surface area contributed by atoms with Crippen molar-refractivity contribution in [3.05, 3.63) is 29.3 Å². The van der Waals surface area contributed by atoms with E-state index in [1.165, 1.54) is 7.11 Å². The van der Waals surface area contributed by atoms with Gasteiger partial charge in [0, 0.05) is 17.8 Å². The van der Waals surface area contributed by atoms with Crippen LogP contribution in [0.1, 0.15) is 0 Å². The molecule has 0 saturated carbocycles. The summed E-state index contributed by atoms with van der Waals surface area (Å²) in [6, 6.07) is 6.67. The van der Waals surface area contributed by atoms with Gasteiger partial charge in [0.15, 0.2) is 6.61 Å². The Bertz CT molecular complexity index is 408. The van der Waals surface area contributed by atoms with E-state index in [0.717, 1.165) is 0 Å². The van der Waals surface area contributed by atoms with Crippen molar-refractivity contribution in [3.63, 3.8) is 0 Å². The van der Waals surface area contributed by atoms with Crippen molar-refractivity contribution in [1.29, 1.82) is 0 Å². The van der Waals surface area contributed by atoms with E-state index in [9.17, 15) is 9.59 Å². The van der Waals surface area contributed by atoms with Crippen LogP contribution in [0.3, 0.4) is 0 Å². The highest BCUT2D eigenvalue weighted by molar-refractivity contribution is 6.30. The average molecular weight is 258 g/mol. The van der Waals surface area contributed by atoms with E-state index < -0.39 is 11.9 Å². The van der Waals surface area contributed by atoms with Crippen LogP contribution in [-0.2, 0) is 19.1 Å². The second kappa shape index (κ2) is 6.88. The quantitative estimate of drug-likeness (QED) is 0.812. The van der Waals surface area contributed by atoms with E-state index in [-0.39, 0.29) is 13.2 Å². The van der Waals surface area contributed by atoms with Crippen LogP contribution in [0, 0.1) is 0 Å². The summed E-state index contributed by atoms with van der Waals surface area (Å²) < 4.78 is 9.18. The molecule has 0 spiro atoms. The maximum absolute atomic E-state index is 11.4. The summed E-state index contributed by atoms with van der Waals surface area (Å²) in [4.78, 5) is 22.3. The minimum atomic E-state index is -0.589. The third kappa shape index (κ3) is 5.33. The molecule has 92 valence electrons. The van der Waals surface area contributed by atoms with Crippen LogP contribution in [0.5, 0.6) is 0 Å². The van der Waals surface area contributed by atoms with Crippen molar-refractivity contribution in [2.45, 2.75) is 0 Å². The molecule has 0 aliphatic heterocycles. The molecule has 0 radical (unpaired) electrons. The second-order valence-electron chi connectivity index (χ2n) is 3.15. The van der Waals surface area contributed by atoms with Gasteiger partial charge in [0.1, 0.15) is 6.61 Å². The molecule has 0 unspecified atom stereocenters. The number of benzene rings is 1. The molecule has 1 aromatic rings. The summed E-state index contributed by atoms with van der Waals surface area (Å²) in [7, 11) is 1.37. The Morgan fingerprint density at radius 1 is 1.35 bits per heavy atom. The lowest BCUT2D eigenvalue weighted by Gasteiger charge is -2.06. The fourth-order valence-corrected chi connectivity index (χ4v) is 1.26. The van der Waals surface area contributed by atoms with Crippen LogP contribution in [0.4, 0.5) is 5.69 Å². The molecule has 5 nitrogen and oxygen atoms in total. The van der Waals surface area contributed by atoms with Gasteiger partial charge in [-0.05, 0) is 18.2 Å². The van der Waals surface area contributed by atoms with Gasteiger partial charge in [0.25, 0.3) is 5.91 Å². The van der Waals surface area contributed by atoms with Gasteiger partial charge >= 0.3 is 5.97 Å². The van der Waals surface area contributed by atoms with Gasteiger partial charge in [-0.15, -0.1) is 0 Å². The summed E-state index contributed by atoms with van der Waals surface area (Å²) in [5, 5.41) is 3.05. The smallest absolute Gasteiger partial charge is 0.332 e. The highest BCUT2D eigenvalue weighted by Gasteiger charge is 2.07. The van der Waals surface area contributed by atoms with Crippen molar-refractivity contribution in [3.8, 4) is 0 Å². The summed E-state index contributed by atoms with van der Waals surface area (Å²) in [5.41, 5.74) is 0.547. The lowest BCUT2D eigenvalue weighted by Crippen LogP contribution is -2.22. The van der Waals surface area contributed by atoms with Crippen molar-refractivity contribution in [1.82, 2.24) is 0 Å². The first-order chi connectivity index (χ1) is 8.11. The monoisotopic (exact) mass is 257 g/mol. The van der Waals surface area contributed by atoms with Gasteiger partial charge in [0.2, 0.25) is 0 Å². The number of hydrogen-bond acceptors (Lipinski definition) is 4. The number of carbonyl (C=O) groups excluding carboxylic acids is 2. The molecule has 0 heterocycles. The standard InChI is InChI=1S/C11H12ClNO4/c1-16-7-11(15)17-6-10(14)13-9-4-2-3-8(12)5-9/h2-5H,6-7H2,1H3,(H,13,14). The minimum Gasteiger partial charge on any atom is -0.454 e. The maximum Gasteiger partial charge on any atom is 0.332 e. The van der Waals surface area contributed by atoms with Crippen LogP contribution in [0.15, 0.2) is 24.3 Å². The number of amides is 1. The number of ether oxygens (including phenoxy) is 2. The van der Waals surface area contributed by atoms with E-state index in [2.05, 4.69) is 14.8 Å². The largest absolute Gasteiger partial charge is 0.454 e. The summed E-state index contributed by atoms with van der Waals surface area (Å²) in [6.45, 7) is -0.529. The molecule has 0 atom stereocenters. The molecule has 0 saturated heterocycles. The fraction of sp³-hybridized carbons (Fsp3) is 0.273. The minimum absolute atomic E-state index is 0.176. The Balaban J connectivity index is 2.37. The molecule has 1 amide bonds. The second-order valence-corrected chi connectivity index (χ2v) is 3.59. The number of hydrogen-bond donors (Lipinski definition) is 1. The maximum atomic E-state index is 11.4. The van der Waals surface area contributed by atoms with Gasteiger partial charge in [0.05, 0.1) is 0 Å². The lowest BCUT2D eigenvalue weighted by molar-refractivity contribution is -0.150. The number of anilines is 1. The molecule has 0 aliphatic carbocycles. The zero-order valence-corrected chi connectivity index (χ0v) is 9.99. The number of esters is 1. The van der Waals surface area contributed by atoms with E-state index in [1.807, 2.05) is 0 Å². The SMILES string of the molecule is COCC(=O)OCC(=O)Nc1cccc(Cl)c1. The van der Waals surface area contributed by atoms with Gasteiger partial charge in [-0.25, -0.2) is 4.79 Å². The van der Waals surface area contributed by atoms with Gasteiger partial charge in [-0.3, -0.25) is 4.79 Å². The van der Waals surface area contributed by atoms with Crippen LogP contribution in [0.25, 0.3) is 0 Å². The van der Waals surface area contributed by atoms with Gasteiger partial charge in [-0.1, -0.05) is 17.7 Å². The van der Waals surface area contributed by atoms with Crippen LogP contribution >= 0.6 is 11.6 Å². The summed E-state index contributed by atoms with van der Waals surface area (Å²) in [6.07, 6.45) is 0. The average Bonchev–Trinajstić information content (AvgIpc) is 2.27. The number of carbonyl (C=O) groups is 2. The van der Waals surface area contributed by atoms with Crippen molar-refractivity contribution >= 4 is 29.2 Å². The van der Waals surface area contributed by atoms with E-state index in [4.69, 9.17) is 11.6 Å². The molecular weight excluding hydrogens is 246 g/mol. The van der Waals surface area contributed by atoms with Gasteiger partial charge in [-0.2, -0.15) is 0 Å². The van der Waals surface area contributed by atoms with Crippen molar-refractivity contribution in [2.75, 3.05) is 25.6 Å². The number of rotatable bonds is 5. The van der Waals surface area contributed by atoms with Crippen LogP contribution < -0.4 is 5.32 Å². The highest BCUT2D eigenvalue weighted by Crippen LogP contribution is 2.14. The third-order valence-corrected chi connectivity index (χ3v) is 1.97. The van der Waals surface area contributed by atoms with Crippen LogP contribution in [0.2, 0.25) is 5.02 Å². The number of methoxy groups -OCH3 is 1. The molecule has 0 fully saturated rings. The Hall–Kier alpha value is -1.59. The lowest BCUT2D eigenvalue weighted by atomic mass is 10.3. The zero-order valence-electron chi connectivity index (χ0n) is 9.23. The molecule has 0 aromatic heterocycles. The summed E-state index contributed by atoms with van der Waals surface area (Å²) >= 11 is 5.74. The third-order valence-electron chi connectivity index (χ3n) is 1.73. The number of halogens is 1. The molecular formula is C11H12ClNO4. The Morgan fingerprint density at radius 2 is 2.12 bits per heavy atom. The topological polar surface area (TPSA) is 64.6 Å². The van der Waals surface area contributed by atoms with Crippen molar-refractivity contribution < 1.29 is 19.1 Å². The molecule has 0 aliphatic rings. The molecule has 1 rings (SSSR count). The Kier molecular flexibility index (Phi) is 5.45. The van der Waals surface area contributed by atoms with E-state index in [0.29, 0.717) is 10.7 Å². The fourth-order valence-electron chi connectivity index (χ4n) is 1.07. The van der Waals surface area contributed by atoms with Crippen LogP contribution in [-0.4, -0.2) is 32.2 Å². The molecule has 0 bridgehead atoms. The Labute approximate surface area is 104 Å². The van der Waals surface area contributed by atoms with E-state index >= 15 is 0 Å². The predicted molar refractivity (Wildman–Crippen MR) is 62.9 cm³/mol. The number of nitrogens with one attached hydrogen (secondary N) is 1. The van der Waals surface area contributed by atoms with E-state index in [1.54, 1.807) is 24.3 Å². The molecule has 6 heteroatoms. The molecule has 17 heavy (non-hydrogen) atoms. The predicted octanol–water partition coefficient (Wildman–Crippen LogP) is 1.47. The Morgan fingerprint density at radius 3 is 2.76 bits per heavy atom. The molecule has 1 N–H and O–H groups in total. The first-order valence-electron chi connectivity index (χ1n) is 4.82.